The van der Waals surface area contributed by atoms with Crippen molar-refractivity contribution < 1.29 is 19.4 Å². The van der Waals surface area contributed by atoms with Crippen LogP contribution in [0.2, 0.25) is 25.7 Å². The summed E-state index contributed by atoms with van der Waals surface area (Å²) < 4.78 is 14.1. The minimum Gasteiger partial charge on any atom is -0.474 e. The van der Waals surface area contributed by atoms with Gasteiger partial charge >= 0.3 is 6.09 Å². The van der Waals surface area contributed by atoms with Crippen LogP contribution in [0.15, 0.2) is 55.0 Å². The molecular weight excluding hydrogens is 524 g/mol. The summed E-state index contributed by atoms with van der Waals surface area (Å²) >= 11 is 0. The smallest absolute Gasteiger partial charge is 0.404 e. The SMILES string of the molecule is C[Si](C)(C)CCOCn1nc(-c2cccc(O[C@@H]3CCCC(NC(=O)O)C3)n2)c2cc(-c3cccnc3)ncc21. The van der Waals surface area contributed by atoms with Gasteiger partial charge in [0.05, 0.1) is 23.1 Å². The number of ether oxygens (including phenoxy) is 2. The van der Waals surface area contributed by atoms with Crippen LogP contribution in [0, 0.1) is 0 Å². The first-order chi connectivity index (χ1) is 19.2. The normalized spacial score (nSPS) is 17.6. The van der Waals surface area contributed by atoms with Crippen LogP contribution in [0.1, 0.15) is 25.7 Å². The van der Waals surface area contributed by atoms with E-state index in [4.69, 9.17) is 29.6 Å². The lowest BCUT2D eigenvalue weighted by atomic mass is 9.93. The third kappa shape index (κ3) is 7.02. The Morgan fingerprint density at radius 3 is 2.80 bits per heavy atom. The highest BCUT2D eigenvalue weighted by atomic mass is 28.3. The zero-order chi connectivity index (χ0) is 28.1. The van der Waals surface area contributed by atoms with Crippen LogP contribution in [0.5, 0.6) is 5.88 Å². The van der Waals surface area contributed by atoms with E-state index in [1.165, 1.54) is 0 Å². The Labute approximate surface area is 234 Å². The Balaban J connectivity index is 1.43. The second-order valence-corrected chi connectivity index (χ2v) is 17.1. The van der Waals surface area contributed by atoms with Crippen LogP contribution in [0.25, 0.3) is 33.5 Å². The van der Waals surface area contributed by atoms with Crippen molar-refractivity contribution in [1.82, 2.24) is 30.0 Å². The van der Waals surface area contributed by atoms with Crippen molar-refractivity contribution in [2.24, 2.45) is 0 Å². The maximum Gasteiger partial charge on any atom is 0.404 e. The van der Waals surface area contributed by atoms with Gasteiger partial charge in [0.1, 0.15) is 18.5 Å². The van der Waals surface area contributed by atoms with Crippen molar-refractivity contribution >= 4 is 25.1 Å². The Bertz CT molecular complexity index is 1460. The number of amides is 1. The second-order valence-electron chi connectivity index (χ2n) is 11.4. The molecule has 210 valence electrons. The zero-order valence-electron chi connectivity index (χ0n) is 23.2. The first-order valence-corrected chi connectivity index (χ1v) is 17.4. The summed E-state index contributed by atoms with van der Waals surface area (Å²) in [5.74, 6) is 0.495. The molecule has 2 atom stereocenters. The number of carboxylic acid groups (broad SMARTS) is 1. The summed E-state index contributed by atoms with van der Waals surface area (Å²) in [5, 5.41) is 17.5. The molecule has 4 aromatic rings. The molecule has 1 unspecified atom stereocenters. The summed E-state index contributed by atoms with van der Waals surface area (Å²) in [6.07, 6.45) is 7.44. The molecule has 0 saturated heterocycles. The molecule has 0 aliphatic heterocycles. The van der Waals surface area contributed by atoms with E-state index in [0.717, 1.165) is 53.2 Å². The molecule has 0 spiro atoms. The quantitative estimate of drug-likeness (QED) is 0.184. The highest BCUT2D eigenvalue weighted by Gasteiger charge is 2.25. The van der Waals surface area contributed by atoms with Gasteiger partial charge in [-0.15, -0.1) is 0 Å². The largest absolute Gasteiger partial charge is 0.474 e. The molecule has 4 heterocycles. The molecule has 4 aromatic heterocycles. The summed E-state index contributed by atoms with van der Waals surface area (Å²) in [7, 11) is -1.21. The highest BCUT2D eigenvalue weighted by molar-refractivity contribution is 6.76. The van der Waals surface area contributed by atoms with E-state index in [2.05, 4.69) is 29.9 Å². The Morgan fingerprint density at radius 1 is 1.15 bits per heavy atom. The predicted octanol–water partition coefficient (Wildman–Crippen LogP) is 5.83. The number of hydrogen-bond donors (Lipinski definition) is 2. The minimum absolute atomic E-state index is 0.108. The molecule has 1 amide bonds. The van der Waals surface area contributed by atoms with Gasteiger partial charge in [0.15, 0.2) is 0 Å². The molecule has 0 radical (unpaired) electrons. The number of hydrogen-bond acceptors (Lipinski definition) is 7. The number of carbonyl (C=O) groups is 1. The number of nitrogens with one attached hydrogen (secondary N) is 1. The standard InChI is InChI=1S/C29H36N6O4Si/c1-40(2,3)14-13-38-19-35-26-18-31-25(20-7-6-12-30-17-20)16-23(26)28(34-35)24-10-5-11-27(33-24)39-22-9-4-8-21(15-22)32-29(36)37/h5-7,10-12,16-18,21-22,32H,4,8-9,13-15,19H2,1-3H3,(H,36,37)/t21?,22-/m1/s1. The summed E-state index contributed by atoms with van der Waals surface area (Å²) in [6, 6.07) is 12.5. The van der Waals surface area contributed by atoms with E-state index in [0.29, 0.717) is 31.3 Å². The van der Waals surface area contributed by atoms with E-state index in [1.807, 2.05) is 47.3 Å². The van der Waals surface area contributed by atoms with Gasteiger partial charge in [-0.1, -0.05) is 25.7 Å². The zero-order valence-corrected chi connectivity index (χ0v) is 24.2. The topological polar surface area (TPSA) is 124 Å². The van der Waals surface area contributed by atoms with Gasteiger partial charge in [0.25, 0.3) is 0 Å². The van der Waals surface area contributed by atoms with E-state index in [-0.39, 0.29) is 12.1 Å². The molecule has 1 saturated carbocycles. The number of nitrogens with zero attached hydrogens (tertiary/aromatic N) is 5. The number of rotatable bonds is 10. The van der Waals surface area contributed by atoms with Gasteiger partial charge in [-0.3, -0.25) is 9.97 Å². The first kappa shape index (κ1) is 27.7. The van der Waals surface area contributed by atoms with Gasteiger partial charge in [-0.2, -0.15) is 5.10 Å². The Morgan fingerprint density at radius 2 is 2.02 bits per heavy atom. The molecular formula is C29H36N6O4Si. The van der Waals surface area contributed by atoms with Crippen molar-refractivity contribution in [2.75, 3.05) is 6.61 Å². The number of pyridine rings is 3. The molecule has 1 aliphatic carbocycles. The average molecular weight is 561 g/mol. The Kier molecular flexibility index (Phi) is 8.41. The molecule has 0 aromatic carbocycles. The van der Waals surface area contributed by atoms with Crippen LogP contribution in [-0.4, -0.2) is 62.8 Å². The summed E-state index contributed by atoms with van der Waals surface area (Å²) in [4.78, 5) is 24.8. The Hall–Kier alpha value is -3.83. The van der Waals surface area contributed by atoms with E-state index in [9.17, 15) is 4.79 Å². The lowest BCUT2D eigenvalue weighted by Crippen LogP contribution is -2.40. The van der Waals surface area contributed by atoms with Gasteiger partial charge in [0, 0.05) is 56.6 Å². The van der Waals surface area contributed by atoms with E-state index >= 15 is 0 Å². The number of fused-ring (bicyclic) bond motifs is 1. The van der Waals surface area contributed by atoms with Crippen molar-refractivity contribution in [2.45, 2.75) is 70.2 Å². The molecule has 1 aliphatic rings. The fourth-order valence-electron chi connectivity index (χ4n) is 4.90. The lowest BCUT2D eigenvalue weighted by Gasteiger charge is -2.29. The molecule has 2 N–H and O–H groups in total. The van der Waals surface area contributed by atoms with Crippen LogP contribution in [0.4, 0.5) is 4.79 Å². The van der Waals surface area contributed by atoms with Crippen LogP contribution >= 0.6 is 0 Å². The van der Waals surface area contributed by atoms with Crippen LogP contribution in [-0.2, 0) is 11.5 Å². The lowest BCUT2D eigenvalue weighted by molar-refractivity contribution is 0.0818. The molecule has 0 bridgehead atoms. The van der Waals surface area contributed by atoms with E-state index in [1.54, 1.807) is 12.4 Å². The predicted molar refractivity (Wildman–Crippen MR) is 156 cm³/mol. The van der Waals surface area contributed by atoms with Gasteiger partial charge in [-0.05, 0) is 49.6 Å². The average Bonchev–Trinajstić information content (AvgIpc) is 3.29. The molecule has 10 nitrogen and oxygen atoms in total. The summed E-state index contributed by atoms with van der Waals surface area (Å²) in [5.41, 5.74) is 3.98. The fourth-order valence-corrected chi connectivity index (χ4v) is 5.66. The van der Waals surface area contributed by atoms with Crippen molar-refractivity contribution in [3.8, 4) is 28.5 Å². The molecule has 11 heteroatoms. The van der Waals surface area contributed by atoms with Crippen LogP contribution < -0.4 is 10.1 Å². The fraction of sp³-hybridized carbons (Fsp3) is 0.414. The molecule has 5 rings (SSSR count). The third-order valence-corrected chi connectivity index (χ3v) is 8.72. The monoisotopic (exact) mass is 560 g/mol. The van der Waals surface area contributed by atoms with Gasteiger partial charge < -0.3 is 19.9 Å². The maximum atomic E-state index is 11.1. The van der Waals surface area contributed by atoms with Gasteiger partial charge in [-0.25, -0.2) is 14.5 Å². The van der Waals surface area contributed by atoms with Crippen LogP contribution in [0.3, 0.4) is 0 Å². The third-order valence-electron chi connectivity index (χ3n) is 7.01. The van der Waals surface area contributed by atoms with Crippen molar-refractivity contribution in [1.29, 1.82) is 0 Å². The second kappa shape index (κ2) is 12.1. The molecule has 40 heavy (non-hydrogen) atoms. The van der Waals surface area contributed by atoms with Crippen molar-refractivity contribution in [3.05, 3.63) is 55.0 Å². The van der Waals surface area contributed by atoms with Crippen molar-refractivity contribution in [3.63, 3.8) is 0 Å². The highest BCUT2D eigenvalue weighted by Crippen LogP contribution is 2.31. The van der Waals surface area contributed by atoms with Gasteiger partial charge in [0.2, 0.25) is 5.88 Å². The van der Waals surface area contributed by atoms with E-state index < -0.39 is 14.2 Å². The summed E-state index contributed by atoms with van der Waals surface area (Å²) in [6.45, 7) is 8.01. The minimum atomic E-state index is -1.21. The number of aromatic nitrogens is 5. The molecule has 1 fully saturated rings. The first-order valence-electron chi connectivity index (χ1n) is 13.7. The maximum absolute atomic E-state index is 11.1.